The van der Waals surface area contributed by atoms with Gasteiger partial charge < -0.3 is 14.1 Å². The maximum atomic E-state index is 11.3. The van der Waals surface area contributed by atoms with E-state index in [1.807, 2.05) is 13.0 Å². The molecule has 1 N–H and O–H groups in total. The van der Waals surface area contributed by atoms with Crippen LogP contribution in [0.2, 0.25) is 0 Å². The average molecular weight is 468 g/mol. The highest BCUT2D eigenvalue weighted by Gasteiger charge is 2.39. The number of benzene rings is 1. The number of nitrogens with zero attached hydrogens (tertiary/aromatic N) is 2. The number of aryl methyl sites for hydroxylation is 1. The molecule has 1 saturated heterocycles. The van der Waals surface area contributed by atoms with Gasteiger partial charge in [0, 0.05) is 18.3 Å². The van der Waals surface area contributed by atoms with Crippen LogP contribution in [0.15, 0.2) is 52.8 Å². The topological polar surface area (TPSA) is 80.8 Å². The van der Waals surface area contributed by atoms with Gasteiger partial charge in [0.05, 0.1) is 25.0 Å². The summed E-state index contributed by atoms with van der Waals surface area (Å²) in [5, 5.41) is 10.9. The van der Waals surface area contributed by atoms with Gasteiger partial charge in [0.15, 0.2) is 5.03 Å². The number of likely N-dealkylation sites (tertiary alicyclic amines) is 1. The number of nitrogens with one attached hydrogen (secondary N) is 1. The number of furan rings is 1. The van der Waals surface area contributed by atoms with Crippen molar-refractivity contribution in [2.24, 2.45) is 5.92 Å². The molecule has 0 bridgehead atoms. The molecular weight excluding hydrogens is 430 g/mol. The Hall–Kier alpha value is -2.80. The van der Waals surface area contributed by atoms with E-state index in [2.05, 4.69) is 60.6 Å². The smallest absolute Gasteiger partial charge is 0.157 e. The SMILES string of the molecule is Cc1ccoc1/C=C(\C(C)C)N1CCC(N[N+](=O)[O-])C1COC1CCC(c2ccccc2)CC1. The molecule has 1 aromatic carbocycles. The molecule has 1 aromatic heterocycles. The van der Waals surface area contributed by atoms with Gasteiger partial charge in [-0.15, -0.1) is 5.43 Å². The van der Waals surface area contributed by atoms with E-state index in [1.165, 1.54) is 5.56 Å². The number of rotatable bonds is 9. The molecule has 0 radical (unpaired) electrons. The predicted octanol–water partition coefficient (Wildman–Crippen LogP) is 5.55. The maximum absolute atomic E-state index is 11.3. The number of ether oxygens (including phenoxy) is 1. The average Bonchev–Trinajstić information content (AvgIpc) is 3.41. The van der Waals surface area contributed by atoms with Crippen molar-refractivity contribution in [3.05, 3.63) is 75.4 Å². The van der Waals surface area contributed by atoms with Crippen molar-refractivity contribution in [1.82, 2.24) is 10.3 Å². The molecule has 7 nitrogen and oxygen atoms in total. The molecule has 184 valence electrons. The van der Waals surface area contributed by atoms with Crippen LogP contribution in [0.1, 0.15) is 68.8 Å². The number of allylic oxidation sites excluding steroid dienone is 1. The van der Waals surface area contributed by atoms with Crippen LogP contribution in [0, 0.1) is 23.0 Å². The fourth-order valence-corrected chi connectivity index (χ4v) is 5.44. The van der Waals surface area contributed by atoms with Crippen LogP contribution in [-0.2, 0) is 4.74 Å². The monoisotopic (exact) mass is 467 g/mol. The van der Waals surface area contributed by atoms with Crippen LogP contribution in [0.25, 0.3) is 6.08 Å². The first-order valence-electron chi connectivity index (χ1n) is 12.5. The van der Waals surface area contributed by atoms with Crippen LogP contribution in [-0.4, -0.2) is 41.3 Å². The summed E-state index contributed by atoms with van der Waals surface area (Å²) in [5.41, 5.74) is 6.18. The Morgan fingerprint density at radius 3 is 2.56 bits per heavy atom. The number of hydrogen-bond donors (Lipinski definition) is 1. The summed E-state index contributed by atoms with van der Waals surface area (Å²) >= 11 is 0. The van der Waals surface area contributed by atoms with Crippen molar-refractivity contribution in [3.8, 4) is 0 Å². The Morgan fingerprint density at radius 1 is 1.21 bits per heavy atom. The van der Waals surface area contributed by atoms with Gasteiger partial charge >= 0.3 is 0 Å². The van der Waals surface area contributed by atoms with Gasteiger partial charge in [-0.05, 0) is 68.1 Å². The first-order chi connectivity index (χ1) is 16.4. The fourth-order valence-electron chi connectivity index (χ4n) is 5.44. The van der Waals surface area contributed by atoms with Gasteiger partial charge in [0.1, 0.15) is 11.8 Å². The summed E-state index contributed by atoms with van der Waals surface area (Å²) in [6.07, 6.45) is 8.99. The largest absolute Gasteiger partial charge is 0.465 e. The Labute approximate surface area is 202 Å². The quantitative estimate of drug-likeness (QED) is 0.385. The molecule has 2 fully saturated rings. The molecule has 0 spiro atoms. The van der Waals surface area contributed by atoms with Crippen molar-refractivity contribution < 1.29 is 14.2 Å². The standard InChI is InChI=1S/C27H37N3O4/c1-19(2)25(17-27-20(3)14-16-33-27)29-15-13-24(28-30(31)32)26(29)18-34-23-11-9-22(10-12-23)21-7-5-4-6-8-21/h4-8,14,16-17,19,22-24,26,28H,9-13,15,18H2,1-3H3/b25-17+. The lowest BCUT2D eigenvalue weighted by Crippen LogP contribution is -2.48. The molecule has 2 aromatic rings. The van der Waals surface area contributed by atoms with Gasteiger partial charge in [0.25, 0.3) is 0 Å². The molecule has 2 unspecified atom stereocenters. The van der Waals surface area contributed by atoms with Crippen molar-refractivity contribution >= 4 is 6.08 Å². The Morgan fingerprint density at radius 2 is 1.94 bits per heavy atom. The third-order valence-electron chi connectivity index (χ3n) is 7.37. The fraction of sp³-hybridized carbons (Fsp3) is 0.556. The van der Waals surface area contributed by atoms with Gasteiger partial charge in [-0.3, -0.25) is 0 Å². The molecule has 1 aliphatic heterocycles. The zero-order valence-corrected chi connectivity index (χ0v) is 20.5. The first kappa shape index (κ1) is 24.3. The third kappa shape index (κ3) is 5.81. The lowest BCUT2D eigenvalue weighted by molar-refractivity contribution is -0.551. The highest BCUT2D eigenvalue weighted by molar-refractivity contribution is 5.51. The number of hydrazine groups is 1. The molecule has 2 heterocycles. The molecule has 2 atom stereocenters. The van der Waals surface area contributed by atoms with E-state index >= 15 is 0 Å². The molecule has 1 aliphatic carbocycles. The Balaban J connectivity index is 1.43. The maximum Gasteiger partial charge on any atom is 0.157 e. The summed E-state index contributed by atoms with van der Waals surface area (Å²) in [4.78, 5) is 13.6. The molecule has 7 heteroatoms. The summed E-state index contributed by atoms with van der Waals surface area (Å²) in [6, 6.07) is 12.3. The molecular formula is C27H37N3O4. The van der Waals surface area contributed by atoms with E-state index in [4.69, 9.17) is 9.15 Å². The highest BCUT2D eigenvalue weighted by Crippen LogP contribution is 2.35. The molecule has 1 saturated carbocycles. The van der Waals surface area contributed by atoms with Crippen LogP contribution >= 0.6 is 0 Å². The van der Waals surface area contributed by atoms with Crippen molar-refractivity contribution in [1.29, 1.82) is 0 Å². The molecule has 34 heavy (non-hydrogen) atoms. The molecule has 2 aliphatic rings. The lowest BCUT2D eigenvalue weighted by atomic mass is 9.83. The summed E-state index contributed by atoms with van der Waals surface area (Å²) in [6.45, 7) is 7.57. The van der Waals surface area contributed by atoms with Crippen LogP contribution < -0.4 is 5.43 Å². The highest BCUT2D eigenvalue weighted by atomic mass is 16.7. The minimum atomic E-state index is -0.415. The van der Waals surface area contributed by atoms with Crippen LogP contribution in [0.4, 0.5) is 0 Å². The van der Waals surface area contributed by atoms with E-state index in [0.29, 0.717) is 18.9 Å². The van der Waals surface area contributed by atoms with E-state index < -0.39 is 5.03 Å². The summed E-state index contributed by atoms with van der Waals surface area (Å²) in [5.74, 6) is 1.69. The van der Waals surface area contributed by atoms with Gasteiger partial charge in [-0.25, -0.2) is 10.1 Å². The van der Waals surface area contributed by atoms with Crippen LogP contribution in [0.5, 0.6) is 0 Å². The summed E-state index contributed by atoms with van der Waals surface area (Å²) < 4.78 is 12.1. The Bertz CT molecular complexity index is 963. The van der Waals surface area contributed by atoms with Crippen molar-refractivity contribution in [2.75, 3.05) is 13.2 Å². The van der Waals surface area contributed by atoms with Crippen molar-refractivity contribution in [3.63, 3.8) is 0 Å². The second kappa shape index (κ2) is 11.1. The van der Waals surface area contributed by atoms with E-state index in [0.717, 1.165) is 49.2 Å². The number of nitro groups is 1. The second-order valence-electron chi connectivity index (χ2n) is 9.95. The molecule has 4 rings (SSSR count). The predicted molar refractivity (Wildman–Crippen MR) is 133 cm³/mol. The van der Waals surface area contributed by atoms with E-state index in [-0.39, 0.29) is 24.1 Å². The Kier molecular flexibility index (Phi) is 7.93. The van der Waals surface area contributed by atoms with Gasteiger partial charge in [0.2, 0.25) is 0 Å². The van der Waals surface area contributed by atoms with Gasteiger partial charge in [-0.1, -0.05) is 44.2 Å². The van der Waals surface area contributed by atoms with Crippen molar-refractivity contribution in [2.45, 2.75) is 77.0 Å². The molecule has 0 amide bonds. The third-order valence-corrected chi connectivity index (χ3v) is 7.37. The second-order valence-corrected chi connectivity index (χ2v) is 9.95. The van der Waals surface area contributed by atoms with E-state index in [9.17, 15) is 10.1 Å². The first-order valence-corrected chi connectivity index (χ1v) is 12.5. The zero-order valence-electron chi connectivity index (χ0n) is 20.5. The zero-order chi connectivity index (χ0) is 24.1. The van der Waals surface area contributed by atoms with Gasteiger partial charge in [-0.2, -0.15) is 0 Å². The summed E-state index contributed by atoms with van der Waals surface area (Å²) in [7, 11) is 0. The lowest BCUT2D eigenvalue weighted by Gasteiger charge is -2.35. The minimum absolute atomic E-state index is 0.0961. The number of hydrogen-bond acceptors (Lipinski definition) is 5. The minimum Gasteiger partial charge on any atom is -0.465 e. The van der Waals surface area contributed by atoms with Crippen LogP contribution in [0.3, 0.4) is 0 Å². The normalized spacial score (nSPS) is 25.6. The van der Waals surface area contributed by atoms with E-state index in [1.54, 1.807) is 6.26 Å².